The van der Waals surface area contributed by atoms with Gasteiger partial charge in [0.15, 0.2) is 11.2 Å². The number of hydrogen-bond acceptors (Lipinski definition) is 5. The summed E-state index contributed by atoms with van der Waals surface area (Å²) < 4.78 is 6.51. The molecule has 3 aromatic heterocycles. The van der Waals surface area contributed by atoms with Crippen molar-refractivity contribution >= 4 is 28.5 Å². The molecule has 0 N–H and O–H groups in total. The molecule has 0 bridgehead atoms. The van der Waals surface area contributed by atoms with Crippen LogP contribution in [0.25, 0.3) is 16.9 Å². The number of halogens is 1. The second-order valence-electron chi connectivity index (χ2n) is 8.83. The predicted molar refractivity (Wildman–Crippen MR) is 129 cm³/mol. The maximum atomic E-state index is 12.7. The van der Waals surface area contributed by atoms with E-state index in [2.05, 4.69) is 31.5 Å². The topological polar surface area (TPSA) is 72.7 Å². The van der Waals surface area contributed by atoms with Crippen LogP contribution in [0.15, 0.2) is 40.1 Å². The molecule has 0 radical (unpaired) electrons. The van der Waals surface area contributed by atoms with Crippen molar-refractivity contribution in [2.24, 2.45) is 14.1 Å². The van der Waals surface area contributed by atoms with E-state index >= 15 is 0 Å². The standard InChI is InChI=1S/C23H28ClN7O2/c1-16-14-31-19-20(26(2)23(33)27(3)21(19)32)25-22(31)30(16)13-12-28-8-10-29(11-9-28)15-17-4-6-18(24)7-5-17/h4-7,14H,8-13,15H2,1-3H3. The Morgan fingerprint density at radius 2 is 1.61 bits per heavy atom. The number of nitrogens with zero attached hydrogens (tertiary/aromatic N) is 7. The van der Waals surface area contributed by atoms with Crippen molar-refractivity contribution in [3.8, 4) is 0 Å². The second kappa shape index (κ2) is 8.48. The fourth-order valence-electron chi connectivity index (χ4n) is 4.67. The molecular formula is C23H28ClN7O2. The van der Waals surface area contributed by atoms with Crippen molar-refractivity contribution in [3.63, 3.8) is 0 Å². The quantitative estimate of drug-likeness (QED) is 0.442. The summed E-state index contributed by atoms with van der Waals surface area (Å²) >= 11 is 5.99. The van der Waals surface area contributed by atoms with E-state index in [-0.39, 0.29) is 11.2 Å². The van der Waals surface area contributed by atoms with Crippen molar-refractivity contribution in [1.29, 1.82) is 0 Å². The molecule has 0 aliphatic carbocycles. The lowest BCUT2D eigenvalue weighted by molar-refractivity contribution is 0.124. The van der Waals surface area contributed by atoms with Crippen LogP contribution in [-0.4, -0.2) is 65.6 Å². The van der Waals surface area contributed by atoms with Crippen LogP contribution in [0.1, 0.15) is 11.3 Å². The van der Waals surface area contributed by atoms with Crippen LogP contribution >= 0.6 is 11.6 Å². The molecule has 1 aromatic carbocycles. The molecule has 10 heteroatoms. The number of imidazole rings is 2. The summed E-state index contributed by atoms with van der Waals surface area (Å²) in [5.74, 6) is 0.696. The minimum atomic E-state index is -0.368. The summed E-state index contributed by atoms with van der Waals surface area (Å²) in [6, 6.07) is 8.07. The molecule has 5 rings (SSSR count). The van der Waals surface area contributed by atoms with Crippen molar-refractivity contribution in [2.45, 2.75) is 20.0 Å². The van der Waals surface area contributed by atoms with E-state index in [1.807, 2.05) is 29.7 Å². The van der Waals surface area contributed by atoms with Crippen LogP contribution in [0, 0.1) is 6.92 Å². The first-order valence-corrected chi connectivity index (χ1v) is 11.5. The maximum Gasteiger partial charge on any atom is 0.332 e. The predicted octanol–water partition coefficient (Wildman–Crippen LogP) is 1.47. The maximum absolute atomic E-state index is 12.7. The molecule has 1 saturated heterocycles. The van der Waals surface area contributed by atoms with Gasteiger partial charge in [-0.2, -0.15) is 4.98 Å². The molecule has 1 fully saturated rings. The molecule has 1 aliphatic rings. The largest absolute Gasteiger partial charge is 0.332 e. The van der Waals surface area contributed by atoms with Crippen LogP contribution in [0.3, 0.4) is 0 Å². The fourth-order valence-corrected chi connectivity index (χ4v) is 4.79. The summed E-state index contributed by atoms with van der Waals surface area (Å²) in [6.07, 6.45) is 1.93. The number of fused-ring (bicyclic) bond motifs is 3. The Hall–Kier alpha value is -2.88. The average molecular weight is 470 g/mol. The molecular weight excluding hydrogens is 442 g/mol. The van der Waals surface area contributed by atoms with E-state index in [1.54, 1.807) is 7.05 Å². The minimum absolute atomic E-state index is 0.324. The molecule has 0 unspecified atom stereocenters. The smallest absolute Gasteiger partial charge is 0.313 e. The third-order valence-electron chi connectivity index (χ3n) is 6.68. The molecule has 0 amide bonds. The number of aromatic nitrogens is 5. The monoisotopic (exact) mass is 469 g/mol. The molecule has 1 aliphatic heterocycles. The van der Waals surface area contributed by atoms with E-state index in [0.717, 1.165) is 61.1 Å². The van der Waals surface area contributed by atoms with Gasteiger partial charge in [-0.3, -0.25) is 28.1 Å². The Labute approximate surface area is 196 Å². The van der Waals surface area contributed by atoms with Crippen molar-refractivity contribution in [1.82, 2.24) is 32.9 Å². The van der Waals surface area contributed by atoms with Crippen molar-refractivity contribution in [2.75, 3.05) is 32.7 Å². The first-order valence-electron chi connectivity index (χ1n) is 11.2. The third kappa shape index (κ3) is 3.90. The fraction of sp³-hybridized carbons (Fsp3) is 0.435. The summed E-state index contributed by atoms with van der Waals surface area (Å²) in [5.41, 5.74) is 2.49. The lowest BCUT2D eigenvalue weighted by atomic mass is 10.2. The molecule has 4 heterocycles. The highest BCUT2D eigenvalue weighted by molar-refractivity contribution is 6.30. The van der Waals surface area contributed by atoms with Gasteiger partial charge >= 0.3 is 5.69 Å². The second-order valence-corrected chi connectivity index (χ2v) is 9.26. The first kappa shape index (κ1) is 21.9. The van der Waals surface area contributed by atoms with Gasteiger partial charge in [-0.15, -0.1) is 0 Å². The van der Waals surface area contributed by atoms with Gasteiger partial charge in [0.05, 0.1) is 0 Å². The Kier molecular flexibility index (Phi) is 5.64. The zero-order valence-corrected chi connectivity index (χ0v) is 19.9. The van der Waals surface area contributed by atoms with E-state index < -0.39 is 0 Å². The summed E-state index contributed by atoms with van der Waals surface area (Å²) in [6.45, 7) is 8.71. The van der Waals surface area contributed by atoms with Crippen LogP contribution in [0.4, 0.5) is 0 Å². The van der Waals surface area contributed by atoms with Crippen LogP contribution in [0.2, 0.25) is 5.02 Å². The van der Waals surface area contributed by atoms with E-state index in [9.17, 15) is 9.59 Å². The van der Waals surface area contributed by atoms with Gasteiger partial charge in [-0.25, -0.2) is 4.79 Å². The zero-order valence-electron chi connectivity index (χ0n) is 19.2. The number of piperazine rings is 1. The molecule has 0 atom stereocenters. The Balaban J connectivity index is 1.29. The summed E-state index contributed by atoms with van der Waals surface area (Å²) in [5, 5.41) is 0.769. The van der Waals surface area contributed by atoms with Gasteiger partial charge in [-0.1, -0.05) is 23.7 Å². The molecule has 9 nitrogen and oxygen atoms in total. The molecule has 33 heavy (non-hydrogen) atoms. The van der Waals surface area contributed by atoms with Crippen LogP contribution in [0.5, 0.6) is 0 Å². The highest BCUT2D eigenvalue weighted by Gasteiger charge is 2.21. The normalized spacial score (nSPS) is 15.8. The van der Waals surface area contributed by atoms with Crippen molar-refractivity contribution in [3.05, 3.63) is 67.6 Å². The summed E-state index contributed by atoms with van der Waals surface area (Å²) in [7, 11) is 3.15. The van der Waals surface area contributed by atoms with Gasteiger partial charge in [0, 0.05) is 76.8 Å². The highest BCUT2D eigenvalue weighted by atomic mass is 35.5. The summed E-state index contributed by atoms with van der Waals surface area (Å²) in [4.78, 5) is 34.6. The van der Waals surface area contributed by atoms with Crippen molar-refractivity contribution < 1.29 is 0 Å². The minimum Gasteiger partial charge on any atom is -0.313 e. The zero-order chi connectivity index (χ0) is 23.3. The highest BCUT2D eigenvalue weighted by Crippen LogP contribution is 2.17. The van der Waals surface area contributed by atoms with E-state index in [0.29, 0.717) is 16.9 Å². The van der Waals surface area contributed by atoms with Gasteiger partial charge in [0.2, 0.25) is 5.78 Å². The lowest BCUT2D eigenvalue weighted by Crippen LogP contribution is -2.46. The Morgan fingerprint density at radius 1 is 0.939 bits per heavy atom. The van der Waals surface area contributed by atoms with Gasteiger partial charge in [0.25, 0.3) is 5.56 Å². The molecule has 174 valence electrons. The van der Waals surface area contributed by atoms with E-state index in [4.69, 9.17) is 11.6 Å². The number of hydrogen-bond donors (Lipinski definition) is 0. The van der Waals surface area contributed by atoms with E-state index in [1.165, 1.54) is 17.2 Å². The molecule has 0 spiro atoms. The van der Waals surface area contributed by atoms with Gasteiger partial charge < -0.3 is 4.57 Å². The number of rotatable bonds is 5. The average Bonchev–Trinajstić information content (AvgIpc) is 3.32. The number of benzene rings is 1. The SMILES string of the molecule is Cc1cn2c3c(=O)n(C)c(=O)n(C)c3nc2n1CCN1CCN(Cc2ccc(Cl)cc2)CC1. The third-order valence-corrected chi connectivity index (χ3v) is 6.93. The Bertz CT molecular complexity index is 1440. The van der Waals surface area contributed by atoms with Gasteiger partial charge in [-0.05, 0) is 24.6 Å². The lowest BCUT2D eigenvalue weighted by Gasteiger charge is -2.34. The molecule has 0 saturated carbocycles. The molecule has 4 aromatic rings. The van der Waals surface area contributed by atoms with Crippen LogP contribution in [-0.2, 0) is 27.2 Å². The van der Waals surface area contributed by atoms with Crippen LogP contribution < -0.4 is 11.2 Å². The first-order chi connectivity index (χ1) is 15.8. The van der Waals surface area contributed by atoms with Gasteiger partial charge in [0.1, 0.15) is 0 Å². The number of aryl methyl sites for hydroxylation is 2. The Morgan fingerprint density at radius 3 is 2.30 bits per heavy atom.